The lowest BCUT2D eigenvalue weighted by molar-refractivity contribution is -0.137. The van der Waals surface area contributed by atoms with Crippen molar-refractivity contribution >= 4 is 22.7 Å². The standard InChI is InChI=1S/C16H12F3NS/c1-21-15-5-3-2-4-12(15)14-9-10-8-11(16(17,18)19)6-7-13(10)20-14/h2-9,20H,1H3. The first-order chi connectivity index (χ1) is 9.99. The highest BCUT2D eigenvalue weighted by Gasteiger charge is 2.30. The van der Waals surface area contributed by atoms with Gasteiger partial charge in [-0.25, -0.2) is 0 Å². The third-order valence-electron chi connectivity index (χ3n) is 3.35. The predicted molar refractivity (Wildman–Crippen MR) is 80.5 cm³/mol. The molecule has 3 rings (SSSR count). The van der Waals surface area contributed by atoms with E-state index in [1.165, 1.54) is 12.1 Å². The van der Waals surface area contributed by atoms with Crippen molar-refractivity contribution in [1.82, 2.24) is 4.98 Å². The van der Waals surface area contributed by atoms with Gasteiger partial charge in [-0.15, -0.1) is 11.8 Å². The molecule has 1 N–H and O–H groups in total. The maximum absolute atomic E-state index is 12.8. The fourth-order valence-electron chi connectivity index (χ4n) is 2.32. The number of fused-ring (bicyclic) bond motifs is 1. The molecule has 0 saturated heterocycles. The number of benzene rings is 2. The van der Waals surface area contributed by atoms with Crippen molar-refractivity contribution < 1.29 is 13.2 Å². The Hall–Kier alpha value is -1.88. The minimum atomic E-state index is -4.32. The molecular weight excluding hydrogens is 295 g/mol. The number of aromatic nitrogens is 1. The number of halogens is 3. The van der Waals surface area contributed by atoms with E-state index in [1.54, 1.807) is 17.8 Å². The van der Waals surface area contributed by atoms with Crippen LogP contribution < -0.4 is 0 Å². The summed E-state index contributed by atoms with van der Waals surface area (Å²) >= 11 is 1.61. The summed E-state index contributed by atoms with van der Waals surface area (Å²) in [4.78, 5) is 4.27. The zero-order valence-electron chi connectivity index (χ0n) is 11.2. The van der Waals surface area contributed by atoms with Crippen LogP contribution in [0, 0.1) is 0 Å². The Labute approximate surface area is 124 Å². The molecule has 0 unspecified atom stereocenters. The van der Waals surface area contributed by atoms with E-state index < -0.39 is 11.7 Å². The van der Waals surface area contributed by atoms with Gasteiger partial charge in [0.05, 0.1) is 5.56 Å². The molecule has 0 fully saturated rings. The van der Waals surface area contributed by atoms with Crippen molar-refractivity contribution in [2.24, 2.45) is 0 Å². The Balaban J connectivity index is 2.13. The zero-order chi connectivity index (χ0) is 15.0. The Bertz CT molecular complexity index is 790. The van der Waals surface area contributed by atoms with Crippen molar-refractivity contribution in [1.29, 1.82) is 0 Å². The number of H-pyrrole nitrogens is 1. The summed E-state index contributed by atoms with van der Waals surface area (Å²) in [6, 6.07) is 13.3. The van der Waals surface area contributed by atoms with Crippen molar-refractivity contribution in [2.75, 3.05) is 6.26 Å². The summed E-state index contributed by atoms with van der Waals surface area (Å²) in [6.07, 6.45) is -2.34. The first-order valence-electron chi connectivity index (χ1n) is 6.32. The summed E-state index contributed by atoms with van der Waals surface area (Å²) in [7, 11) is 0. The van der Waals surface area contributed by atoms with Crippen molar-refractivity contribution in [3.05, 3.63) is 54.1 Å². The first kappa shape index (κ1) is 14.1. The number of aromatic amines is 1. The van der Waals surface area contributed by atoms with E-state index in [-0.39, 0.29) is 0 Å². The lowest BCUT2D eigenvalue weighted by Gasteiger charge is -2.05. The molecule has 0 atom stereocenters. The molecule has 0 radical (unpaired) electrons. The molecule has 1 nitrogen and oxygen atoms in total. The molecule has 0 aliphatic heterocycles. The summed E-state index contributed by atoms with van der Waals surface area (Å²) in [5.41, 5.74) is 1.90. The maximum Gasteiger partial charge on any atom is 0.416 e. The van der Waals surface area contributed by atoms with E-state index in [4.69, 9.17) is 0 Å². The third-order valence-corrected chi connectivity index (χ3v) is 4.14. The van der Waals surface area contributed by atoms with Crippen LogP contribution in [0.1, 0.15) is 5.56 Å². The van der Waals surface area contributed by atoms with E-state index in [9.17, 15) is 13.2 Å². The molecule has 21 heavy (non-hydrogen) atoms. The molecule has 5 heteroatoms. The van der Waals surface area contributed by atoms with Crippen LogP contribution in [0.25, 0.3) is 22.2 Å². The molecule has 0 aliphatic carbocycles. The Morgan fingerprint density at radius 2 is 1.76 bits per heavy atom. The van der Waals surface area contributed by atoms with Crippen LogP contribution in [0.5, 0.6) is 0 Å². The first-order valence-corrected chi connectivity index (χ1v) is 7.55. The van der Waals surface area contributed by atoms with Gasteiger partial charge in [-0.1, -0.05) is 18.2 Å². The van der Waals surface area contributed by atoms with E-state index >= 15 is 0 Å². The summed E-state index contributed by atoms with van der Waals surface area (Å²) in [5, 5.41) is 0.565. The highest BCUT2D eigenvalue weighted by Crippen LogP contribution is 2.35. The van der Waals surface area contributed by atoms with Crippen molar-refractivity contribution in [3.63, 3.8) is 0 Å². The van der Waals surface area contributed by atoms with Crippen LogP contribution >= 0.6 is 11.8 Å². The molecule has 2 aromatic carbocycles. The monoisotopic (exact) mass is 307 g/mol. The zero-order valence-corrected chi connectivity index (χ0v) is 12.0. The molecule has 0 saturated carbocycles. The smallest absolute Gasteiger partial charge is 0.354 e. The minimum Gasteiger partial charge on any atom is -0.354 e. The number of hydrogen-bond donors (Lipinski definition) is 1. The number of alkyl halides is 3. The predicted octanol–water partition coefficient (Wildman–Crippen LogP) is 5.58. The SMILES string of the molecule is CSc1ccccc1-c1cc2cc(C(F)(F)F)ccc2[nH]1. The Kier molecular flexibility index (Phi) is 3.45. The van der Waals surface area contributed by atoms with Gasteiger partial charge >= 0.3 is 6.18 Å². The van der Waals surface area contributed by atoms with Crippen LogP contribution in [0.15, 0.2) is 53.4 Å². The molecular formula is C16H12F3NS. The second kappa shape index (κ2) is 5.15. The van der Waals surface area contributed by atoms with Crippen LogP contribution in [0.2, 0.25) is 0 Å². The third kappa shape index (κ3) is 2.65. The van der Waals surface area contributed by atoms with Crippen LogP contribution in [-0.4, -0.2) is 11.2 Å². The van der Waals surface area contributed by atoms with E-state index in [1.807, 2.05) is 30.5 Å². The molecule has 1 aromatic heterocycles. The number of hydrogen-bond acceptors (Lipinski definition) is 1. The van der Waals surface area contributed by atoms with Gasteiger partial charge in [0, 0.05) is 27.1 Å². The molecule has 0 amide bonds. The van der Waals surface area contributed by atoms with Crippen molar-refractivity contribution in [2.45, 2.75) is 11.1 Å². The van der Waals surface area contributed by atoms with Crippen molar-refractivity contribution in [3.8, 4) is 11.3 Å². The largest absolute Gasteiger partial charge is 0.416 e. The van der Waals surface area contributed by atoms with Gasteiger partial charge < -0.3 is 4.98 Å². The highest BCUT2D eigenvalue weighted by molar-refractivity contribution is 7.98. The fourth-order valence-corrected chi connectivity index (χ4v) is 2.93. The molecule has 3 aromatic rings. The summed E-state index contributed by atoms with van der Waals surface area (Å²) in [6.45, 7) is 0. The lowest BCUT2D eigenvalue weighted by Crippen LogP contribution is -2.03. The van der Waals surface area contributed by atoms with Gasteiger partial charge in [-0.05, 0) is 36.6 Å². The van der Waals surface area contributed by atoms with Gasteiger partial charge in [-0.3, -0.25) is 0 Å². The average molecular weight is 307 g/mol. The minimum absolute atomic E-state index is 0.565. The van der Waals surface area contributed by atoms with E-state index in [0.717, 1.165) is 22.2 Å². The fraction of sp³-hybridized carbons (Fsp3) is 0.125. The molecule has 0 spiro atoms. The molecule has 1 heterocycles. The van der Waals surface area contributed by atoms with Crippen LogP contribution in [0.4, 0.5) is 13.2 Å². The Morgan fingerprint density at radius 3 is 2.48 bits per heavy atom. The quantitative estimate of drug-likeness (QED) is 0.611. The second-order valence-electron chi connectivity index (χ2n) is 4.68. The van der Waals surface area contributed by atoms with Gasteiger partial charge in [0.1, 0.15) is 0 Å². The molecule has 0 bridgehead atoms. The summed E-state index contributed by atoms with van der Waals surface area (Å²) in [5.74, 6) is 0. The molecule has 108 valence electrons. The number of rotatable bonds is 2. The van der Waals surface area contributed by atoms with Gasteiger partial charge in [0.15, 0.2) is 0 Å². The highest BCUT2D eigenvalue weighted by atomic mass is 32.2. The number of thioether (sulfide) groups is 1. The van der Waals surface area contributed by atoms with E-state index in [2.05, 4.69) is 4.98 Å². The average Bonchev–Trinajstić information content (AvgIpc) is 2.89. The topological polar surface area (TPSA) is 15.8 Å². The number of nitrogens with one attached hydrogen (secondary N) is 1. The van der Waals surface area contributed by atoms with E-state index in [0.29, 0.717) is 10.9 Å². The van der Waals surface area contributed by atoms with Gasteiger partial charge in [0.2, 0.25) is 0 Å². The van der Waals surface area contributed by atoms with Crippen LogP contribution in [0.3, 0.4) is 0 Å². The Morgan fingerprint density at radius 1 is 1.00 bits per heavy atom. The van der Waals surface area contributed by atoms with Crippen LogP contribution in [-0.2, 0) is 6.18 Å². The molecule has 0 aliphatic rings. The maximum atomic E-state index is 12.8. The normalized spacial score (nSPS) is 12.0. The van der Waals surface area contributed by atoms with Gasteiger partial charge in [0.25, 0.3) is 0 Å². The second-order valence-corrected chi connectivity index (χ2v) is 5.53. The summed E-state index contributed by atoms with van der Waals surface area (Å²) < 4.78 is 38.3. The van der Waals surface area contributed by atoms with Gasteiger partial charge in [-0.2, -0.15) is 13.2 Å². The lowest BCUT2D eigenvalue weighted by atomic mass is 10.1.